The zero-order valence-corrected chi connectivity index (χ0v) is 55.4. The second kappa shape index (κ2) is 70.6. The summed E-state index contributed by atoms with van der Waals surface area (Å²) in [5, 5.41) is 0. The van der Waals surface area contributed by atoms with Crippen LogP contribution in [0.2, 0.25) is 0 Å². The standard InChI is InChI=1S/C75H144O6/c1-4-7-10-13-16-19-22-25-28-31-34-35-36-37-38-39-40-42-44-47-50-53-56-59-62-65-68-74(77)80-71-72(70-79-73(76)67-64-61-58-55-52-49-46-43-33-30-27-24-21-18-15-12-9-6-3)81-75(78)69-66-63-60-57-54-51-48-45-41-32-29-26-23-20-17-14-11-8-5-2/h26,29,72H,4-25,27-28,30-71H2,1-3H3/b29-26-. The summed E-state index contributed by atoms with van der Waals surface area (Å²) in [6.07, 6.45) is 85.4. The molecule has 6 heteroatoms. The van der Waals surface area contributed by atoms with E-state index >= 15 is 0 Å². The van der Waals surface area contributed by atoms with Gasteiger partial charge in [0.05, 0.1) is 0 Å². The molecular weight excluding hydrogens is 997 g/mol. The summed E-state index contributed by atoms with van der Waals surface area (Å²) in [5.41, 5.74) is 0. The van der Waals surface area contributed by atoms with E-state index in [0.29, 0.717) is 19.3 Å². The molecule has 0 aliphatic carbocycles. The molecule has 0 aliphatic rings. The molecule has 0 bridgehead atoms. The molecule has 0 spiro atoms. The predicted octanol–water partition coefficient (Wildman–Crippen LogP) is 25.6. The smallest absolute Gasteiger partial charge is 0.306 e. The average Bonchev–Trinajstić information content (AvgIpc) is 3.47. The molecule has 1 unspecified atom stereocenters. The van der Waals surface area contributed by atoms with Crippen LogP contribution in [0.3, 0.4) is 0 Å². The van der Waals surface area contributed by atoms with Gasteiger partial charge in [0, 0.05) is 19.3 Å². The maximum atomic E-state index is 13.0. The second-order valence-corrected chi connectivity index (χ2v) is 25.6. The maximum absolute atomic E-state index is 13.0. The lowest BCUT2D eigenvalue weighted by atomic mass is 10.0. The number of allylic oxidation sites excluding steroid dienone is 2. The molecule has 0 N–H and O–H groups in total. The van der Waals surface area contributed by atoms with Crippen LogP contribution in [0.1, 0.15) is 432 Å². The Morgan fingerprint density at radius 3 is 0.617 bits per heavy atom. The van der Waals surface area contributed by atoms with Crippen molar-refractivity contribution in [1.82, 2.24) is 0 Å². The van der Waals surface area contributed by atoms with Gasteiger partial charge >= 0.3 is 17.9 Å². The van der Waals surface area contributed by atoms with Gasteiger partial charge < -0.3 is 14.2 Å². The van der Waals surface area contributed by atoms with Crippen LogP contribution < -0.4 is 0 Å². The zero-order chi connectivity index (χ0) is 58.5. The Morgan fingerprint density at radius 2 is 0.407 bits per heavy atom. The molecular formula is C75H144O6. The number of hydrogen-bond donors (Lipinski definition) is 0. The normalized spacial score (nSPS) is 12.0. The summed E-state index contributed by atoms with van der Waals surface area (Å²) in [6.45, 7) is 6.74. The molecule has 0 amide bonds. The van der Waals surface area contributed by atoms with Gasteiger partial charge in [0.15, 0.2) is 6.10 Å². The molecule has 1 atom stereocenters. The Hall–Kier alpha value is -1.85. The van der Waals surface area contributed by atoms with Gasteiger partial charge in [0.1, 0.15) is 13.2 Å². The fourth-order valence-electron chi connectivity index (χ4n) is 11.7. The third kappa shape index (κ3) is 68.8. The Kier molecular flexibility index (Phi) is 69.0. The minimum atomic E-state index is -0.768. The van der Waals surface area contributed by atoms with Crippen molar-refractivity contribution in [3.63, 3.8) is 0 Å². The number of unbranched alkanes of at least 4 members (excludes halogenated alkanes) is 57. The van der Waals surface area contributed by atoms with Crippen LogP contribution in [0.15, 0.2) is 12.2 Å². The summed E-state index contributed by atoms with van der Waals surface area (Å²) in [4.78, 5) is 38.5. The first-order valence-corrected chi connectivity index (χ1v) is 37.2. The minimum Gasteiger partial charge on any atom is -0.462 e. The highest BCUT2D eigenvalue weighted by Gasteiger charge is 2.20. The lowest BCUT2D eigenvalue weighted by molar-refractivity contribution is -0.167. The van der Waals surface area contributed by atoms with Crippen molar-refractivity contribution in [2.24, 2.45) is 0 Å². The van der Waals surface area contributed by atoms with Crippen LogP contribution in [0.4, 0.5) is 0 Å². The van der Waals surface area contributed by atoms with E-state index in [1.807, 2.05) is 0 Å². The monoisotopic (exact) mass is 1140 g/mol. The largest absolute Gasteiger partial charge is 0.462 e. The van der Waals surface area contributed by atoms with Gasteiger partial charge in [-0.15, -0.1) is 0 Å². The number of rotatable bonds is 70. The van der Waals surface area contributed by atoms with Gasteiger partial charge in [-0.05, 0) is 44.9 Å². The third-order valence-electron chi connectivity index (χ3n) is 17.3. The van der Waals surface area contributed by atoms with Crippen molar-refractivity contribution in [1.29, 1.82) is 0 Å². The molecule has 0 saturated heterocycles. The number of hydrogen-bond acceptors (Lipinski definition) is 6. The molecule has 0 aliphatic heterocycles. The van der Waals surface area contributed by atoms with E-state index in [4.69, 9.17) is 14.2 Å². The van der Waals surface area contributed by atoms with E-state index in [0.717, 1.165) is 57.8 Å². The summed E-state index contributed by atoms with van der Waals surface area (Å²) in [5.74, 6) is -0.826. The van der Waals surface area contributed by atoms with Gasteiger partial charge in [-0.25, -0.2) is 0 Å². The topological polar surface area (TPSA) is 78.9 Å². The third-order valence-corrected chi connectivity index (χ3v) is 17.3. The first-order valence-electron chi connectivity index (χ1n) is 37.2. The van der Waals surface area contributed by atoms with E-state index in [9.17, 15) is 14.4 Å². The lowest BCUT2D eigenvalue weighted by Crippen LogP contribution is -2.30. The highest BCUT2D eigenvalue weighted by Crippen LogP contribution is 2.19. The number of ether oxygens (including phenoxy) is 3. The minimum absolute atomic E-state index is 0.0635. The fraction of sp³-hybridized carbons (Fsp3) is 0.933. The SMILES string of the molecule is CCCCCCCC/C=C\CCCCCCCCCCCC(=O)OC(COC(=O)CCCCCCCCCCCCCCCCCCCC)COC(=O)CCCCCCCCCCCCCCCCCCCCCCCCCCCC. The number of carbonyl (C=O) groups is 3. The van der Waals surface area contributed by atoms with Crippen molar-refractivity contribution in [2.45, 2.75) is 438 Å². The molecule has 0 radical (unpaired) electrons. The lowest BCUT2D eigenvalue weighted by Gasteiger charge is -2.18. The molecule has 0 saturated carbocycles. The Balaban J connectivity index is 4.24. The second-order valence-electron chi connectivity index (χ2n) is 25.6. The summed E-state index contributed by atoms with van der Waals surface area (Å²) in [6, 6.07) is 0. The van der Waals surface area contributed by atoms with Gasteiger partial charge in [0.2, 0.25) is 0 Å². The average molecular weight is 1140 g/mol. The van der Waals surface area contributed by atoms with E-state index < -0.39 is 6.10 Å². The van der Waals surface area contributed by atoms with Crippen LogP contribution >= 0.6 is 0 Å². The van der Waals surface area contributed by atoms with Gasteiger partial charge in [0.25, 0.3) is 0 Å². The highest BCUT2D eigenvalue weighted by atomic mass is 16.6. The van der Waals surface area contributed by atoms with Crippen molar-refractivity contribution in [3.05, 3.63) is 12.2 Å². The molecule has 0 aromatic carbocycles. The molecule has 0 aromatic heterocycles. The zero-order valence-electron chi connectivity index (χ0n) is 55.4. The molecule has 6 nitrogen and oxygen atoms in total. The van der Waals surface area contributed by atoms with Gasteiger partial charge in [-0.2, -0.15) is 0 Å². The van der Waals surface area contributed by atoms with Gasteiger partial charge in [-0.3, -0.25) is 14.4 Å². The molecule has 480 valence electrons. The summed E-state index contributed by atoms with van der Waals surface area (Å²) >= 11 is 0. The molecule has 0 aromatic rings. The first-order chi connectivity index (χ1) is 40.0. The van der Waals surface area contributed by atoms with Gasteiger partial charge in [-0.1, -0.05) is 380 Å². The van der Waals surface area contributed by atoms with Crippen molar-refractivity contribution >= 4 is 17.9 Å². The summed E-state index contributed by atoms with van der Waals surface area (Å²) in [7, 11) is 0. The first kappa shape index (κ1) is 79.2. The Morgan fingerprint density at radius 1 is 0.235 bits per heavy atom. The molecule has 0 fully saturated rings. The summed E-state index contributed by atoms with van der Waals surface area (Å²) < 4.78 is 17.0. The quantitative estimate of drug-likeness (QED) is 0.0261. The molecule has 0 heterocycles. The Labute approximate surface area is 507 Å². The maximum Gasteiger partial charge on any atom is 0.306 e. The number of carbonyl (C=O) groups excluding carboxylic acids is 3. The van der Waals surface area contributed by atoms with E-state index in [1.54, 1.807) is 0 Å². The van der Waals surface area contributed by atoms with E-state index in [-0.39, 0.29) is 31.1 Å². The highest BCUT2D eigenvalue weighted by molar-refractivity contribution is 5.71. The molecule has 81 heavy (non-hydrogen) atoms. The van der Waals surface area contributed by atoms with Crippen molar-refractivity contribution < 1.29 is 28.6 Å². The van der Waals surface area contributed by atoms with Crippen LogP contribution in [-0.4, -0.2) is 37.2 Å². The Bertz CT molecular complexity index is 1260. The van der Waals surface area contributed by atoms with Crippen molar-refractivity contribution in [2.75, 3.05) is 13.2 Å². The fourth-order valence-corrected chi connectivity index (χ4v) is 11.7. The predicted molar refractivity (Wildman–Crippen MR) is 353 cm³/mol. The van der Waals surface area contributed by atoms with E-state index in [2.05, 4.69) is 32.9 Å². The van der Waals surface area contributed by atoms with Crippen LogP contribution in [0.25, 0.3) is 0 Å². The number of esters is 3. The molecule has 0 rings (SSSR count). The van der Waals surface area contributed by atoms with Crippen LogP contribution in [0, 0.1) is 0 Å². The van der Waals surface area contributed by atoms with Crippen LogP contribution in [0.5, 0.6) is 0 Å². The van der Waals surface area contributed by atoms with Crippen LogP contribution in [-0.2, 0) is 28.6 Å². The van der Waals surface area contributed by atoms with Crippen molar-refractivity contribution in [3.8, 4) is 0 Å². The van der Waals surface area contributed by atoms with E-state index in [1.165, 1.54) is 334 Å².